The molecule has 0 saturated carbocycles. The van der Waals surface area contributed by atoms with Crippen LogP contribution in [0, 0.1) is 11.8 Å². The summed E-state index contributed by atoms with van der Waals surface area (Å²) in [6, 6.07) is 0. The van der Waals surface area contributed by atoms with Gasteiger partial charge < -0.3 is 20.1 Å². The maximum Gasteiger partial charge on any atom is 0.410 e. The molecule has 1 atom stereocenters. The third-order valence-electron chi connectivity index (χ3n) is 3.86. The molecule has 1 amide bonds. The summed E-state index contributed by atoms with van der Waals surface area (Å²) in [5.41, 5.74) is -0.436. The lowest BCUT2D eigenvalue weighted by atomic mass is 9.83. The molecule has 1 fully saturated rings. The number of hydrogen-bond donors (Lipinski definition) is 2. The Morgan fingerprint density at radius 3 is 2.45 bits per heavy atom. The molecular formula is C15H30N2O3. The molecule has 0 aromatic rings. The monoisotopic (exact) mass is 286 g/mol. The van der Waals surface area contributed by atoms with Crippen molar-refractivity contribution in [3.63, 3.8) is 0 Å². The first-order valence-corrected chi connectivity index (χ1v) is 7.60. The molecule has 0 bridgehead atoms. The Kier molecular flexibility index (Phi) is 6.76. The number of carbonyl (C=O) groups is 1. The number of rotatable bonds is 5. The van der Waals surface area contributed by atoms with Crippen LogP contribution < -0.4 is 5.32 Å². The van der Waals surface area contributed by atoms with Crippen LogP contribution in [0.1, 0.15) is 40.0 Å². The molecule has 1 heterocycles. The van der Waals surface area contributed by atoms with Crippen LogP contribution in [-0.2, 0) is 4.74 Å². The van der Waals surface area contributed by atoms with Gasteiger partial charge in [0, 0.05) is 19.7 Å². The number of aliphatic hydroxyl groups is 1. The number of hydrogen-bond acceptors (Lipinski definition) is 4. The van der Waals surface area contributed by atoms with Gasteiger partial charge in [0.2, 0.25) is 0 Å². The van der Waals surface area contributed by atoms with Crippen molar-refractivity contribution in [1.82, 2.24) is 10.2 Å². The van der Waals surface area contributed by atoms with Crippen molar-refractivity contribution in [2.75, 3.05) is 33.3 Å². The largest absolute Gasteiger partial charge is 0.444 e. The summed E-state index contributed by atoms with van der Waals surface area (Å²) in [4.78, 5) is 13.8. The van der Waals surface area contributed by atoms with Crippen molar-refractivity contribution in [2.24, 2.45) is 11.8 Å². The SMILES string of the molecule is CNCCC(CO)C1CCN(C(=O)OC(C)(C)C)CC1. The molecule has 2 N–H and O–H groups in total. The van der Waals surface area contributed by atoms with Crippen LogP contribution in [0.5, 0.6) is 0 Å². The van der Waals surface area contributed by atoms with Crippen molar-refractivity contribution >= 4 is 6.09 Å². The average molecular weight is 286 g/mol. The number of nitrogens with one attached hydrogen (secondary N) is 1. The molecule has 1 aliphatic heterocycles. The maximum atomic E-state index is 12.0. The molecule has 0 aromatic carbocycles. The van der Waals surface area contributed by atoms with Crippen molar-refractivity contribution in [2.45, 2.75) is 45.6 Å². The van der Waals surface area contributed by atoms with Gasteiger partial charge in [0.15, 0.2) is 0 Å². The molecule has 20 heavy (non-hydrogen) atoms. The molecule has 0 radical (unpaired) electrons. The fourth-order valence-corrected chi connectivity index (χ4v) is 2.69. The van der Waals surface area contributed by atoms with Crippen molar-refractivity contribution in [3.8, 4) is 0 Å². The van der Waals surface area contributed by atoms with E-state index in [2.05, 4.69) is 5.32 Å². The summed E-state index contributed by atoms with van der Waals surface area (Å²) in [5, 5.41) is 12.6. The van der Waals surface area contributed by atoms with Gasteiger partial charge in [0.1, 0.15) is 5.60 Å². The zero-order chi connectivity index (χ0) is 15.2. The number of carbonyl (C=O) groups excluding carboxylic acids is 1. The van der Waals surface area contributed by atoms with Crippen LogP contribution >= 0.6 is 0 Å². The second-order valence-corrected chi connectivity index (χ2v) is 6.64. The summed E-state index contributed by atoms with van der Waals surface area (Å²) < 4.78 is 5.39. The standard InChI is InChI=1S/C15H30N2O3/c1-15(2,3)20-14(19)17-9-6-12(7-10-17)13(11-18)5-8-16-4/h12-13,16,18H,5-11H2,1-4H3. The smallest absolute Gasteiger partial charge is 0.410 e. The lowest BCUT2D eigenvalue weighted by molar-refractivity contribution is 0.0138. The summed E-state index contributed by atoms with van der Waals surface area (Å²) in [5.74, 6) is 0.843. The van der Waals surface area contributed by atoms with Crippen LogP contribution in [0.3, 0.4) is 0 Å². The summed E-state index contributed by atoms with van der Waals surface area (Å²) in [6.45, 7) is 8.28. The number of piperidine rings is 1. The van der Waals surface area contributed by atoms with Gasteiger partial charge >= 0.3 is 6.09 Å². The van der Waals surface area contributed by atoms with E-state index in [4.69, 9.17) is 4.74 Å². The molecule has 0 spiro atoms. The first kappa shape index (κ1) is 17.2. The first-order chi connectivity index (χ1) is 9.37. The minimum atomic E-state index is -0.436. The van der Waals surface area contributed by atoms with E-state index < -0.39 is 5.60 Å². The van der Waals surface area contributed by atoms with Crippen LogP contribution in [-0.4, -0.2) is 55.0 Å². The van der Waals surface area contributed by atoms with Gasteiger partial charge in [-0.1, -0.05) is 0 Å². The lowest BCUT2D eigenvalue weighted by Gasteiger charge is -2.36. The Hall–Kier alpha value is -0.810. The second kappa shape index (κ2) is 7.84. The fraction of sp³-hybridized carbons (Fsp3) is 0.933. The van der Waals surface area contributed by atoms with Crippen molar-refractivity contribution in [1.29, 1.82) is 0 Å². The Morgan fingerprint density at radius 2 is 2.00 bits per heavy atom. The Bertz CT molecular complexity index is 294. The first-order valence-electron chi connectivity index (χ1n) is 7.60. The maximum absolute atomic E-state index is 12.0. The molecule has 5 nitrogen and oxygen atoms in total. The molecule has 0 aliphatic carbocycles. The quantitative estimate of drug-likeness (QED) is 0.810. The van der Waals surface area contributed by atoms with E-state index in [0.717, 1.165) is 38.9 Å². The Morgan fingerprint density at radius 1 is 1.40 bits per heavy atom. The number of aliphatic hydroxyl groups excluding tert-OH is 1. The van der Waals surface area contributed by atoms with E-state index in [-0.39, 0.29) is 12.7 Å². The number of likely N-dealkylation sites (tertiary alicyclic amines) is 1. The van der Waals surface area contributed by atoms with Gasteiger partial charge in [0.05, 0.1) is 0 Å². The topological polar surface area (TPSA) is 61.8 Å². The van der Waals surface area contributed by atoms with Crippen molar-refractivity contribution < 1.29 is 14.6 Å². The highest BCUT2D eigenvalue weighted by Gasteiger charge is 2.30. The molecule has 5 heteroatoms. The molecule has 1 aliphatic rings. The third kappa shape index (κ3) is 5.67. The summed E-state index contributed by atoms with van der Waals surface area (Å²) >= 11 is 0. The third-order valence-corrected chi connectivity index (χ3v) is 3.86. The number of amides is 1. The molecule has 1 rings (SSSR count). The average Bonchev–Trinajstić information content (AvgIpc) is 2.38. The fourth-order valence-electron chi connectivity index (χ4n) is 2.69. The molecule has 1 unspecified atom stereocenters. The van der Waals surface area contributed by atoms with Crippen LogP contribution in [0.25, 0.3) is 0 Å². The number of ether oxygens (including phenoxy) is 1. The predicted octanol–water partition coefficient (Wildman–Crippen LogP) is 1.85. The van der Waals surface area contributed by atoms with Crippen LogP contribution in [0.2, 0.25) is 0 Å². The van der Waals surface area contributed by atoms with Gasteiger partial charge in [-0.05, 0) is 65.5 Å². The summed E-state index contributed by atoms with van der Waals surface area (Å²) in [6.07, 6.45) is 2.68. The van der Waals surface area contributed by atoms with Crippen LogP contribution in [0.15, 0.2) is 0 Å². The highest BCUT2D eigenvalue weighted by molar-refractivity contribution is 5.68. The molecule has 118 valence electrons. The normalized spacial score (nSPS) is 18.9. The molecule has 0 aromatic heterocycles. The lowest BCUT2D eigenvalue weighted by Crippen LogP contribution is -2.43. The Labute approximate surface area is 122 Å². The number of nitrogens with zero attached hydrogens (tertiary/aromatic N) is 1. The zero-order valence-electron chi connectivity index (χ0n) is 13.3. The van der Waals surface area contributed by atoms with Gasteiger partial charge in [-0.2, -0.15) is 0 Å². The minimum absolute atomic E-state index is 0.216. The van der Waals surface area contributed by atoms with E-state index in [1.807, 2.05) is 27.8 Å². The van der Waals surface area contributed by atoms with E-state index >= 15 is 0 Å². The van der Waals surface area contributed by atoms with Crippen molar-refractivity contribution in [3.05, 3.63) is 0 Å². The van der Waals surface area contributed by atoms with Crippen LogP contribution in [0.4, 0.5) is 4.79 Å². The second-order valence-electron chi connectivity index (χ2n) is 6.64. The zero-order valence-corrected chi connectivity index (χ0v) is 13.3. The van der Waals surface area contributed by atoms with Gasteiger partial charge in [-0.3, -0.25) is 0 Å². The molecular weight excluding hydrogens is 256 g/mol. The van der Waals surface area contributed by atoms with Gasteiger partial charge in [-0.25, -0.2) is 4.79 Å². The highest BCUT2D eigenvalue weighted by Crippen LogP contribution is 2.27. The van der Waals surface area contributed by atoms with E-state index in [9.17, 15) is 9.90 Å². The van der Waals surface area contributed by atoms with E-state index in [1.165, 1.54) is 0 Å². The summed E-state index contributed by atoms with van der Waals surface area (Å²) in [7, 11) is 1.93. The minimum Gasteiger partial charge on any atom is -0.444 e. The Balaban J connectivity index is 2.40. The highest BCUT2D eigenvalue weighted by atomic mass is 16.6. The van der Waals surface area contributed by atoms with E-state index in [1.54, 1.807) is 4.90 Å². The molecule has 1 saturated heterocycles. The van der Waals surface area contributed by atoms with Gasteiger partial charge in [0.25, 0.3) is 0 Å². The predicted molar refractivity (Wildman–Crippen MR) is 79.7 cm³/mol. The van der Waals surface area contributed by atoms with E-state index in [0.29, 0.717) is 11.8 Å². The van der Waals surface area contributed by atoms with Gasteiger partial charge in [-0.15, -0.1) is 0 Å².